The predicted molar refractivity (Wildman–Crippen MR) is 54.9 cm³/mol. The van der Waals surface area contributed by atoms with Crippen molar-refractivity contribution in [1.82, 2.24) is 9.97 Å². The Balaban J connectivity index is 2.53. The van der Waals surface area contributed by atoms with Crippen LogP contribution >= 0.6 is 11.6 Å². The van der Waals surface area contributed by atoms with Gasteiger partial charge in [-0.05, 0) is 24.9 Å². The third-order valence-electron chi connectivity index (χ3n) is 1.55. The molecule has 76 valence electrons. The molecule has 14 heavy (non-hydrogen) atoms. The number of nitrogens with one attached hydrogen (secondary N) is 1. The number of hydrogen-bond donors (Lipinski definition) is 1. The maximum Gasteiger partial charge on any atom is 0.224 e. The van der Waals surface area contributed by atoms with Crippen LogP contribution in [0.5, 0.6) is 0 Å². The number of halogens is 2. The Labute approximate surface area is 87.0 Å². The molecule has 3 nitrogen and oxygen atoms in total. The standard InChI is InChI=1S/C9H11ClFN3/c1-2-3-4-5-12-8-7(11)6-13-9(10)14-8/h2-3,6H,4-5H2,1H3,(H,12,13,14)/b3-2+. The average molecular weight is 216 g/mol. The first-order chi connectivity index (χ1) is 6.74. The molecule has 1 N–H and O–H groups in total. The molecule has 0 aromatic carbocycles. The maximum absolute atomic E-state index is 13.0. The summed E-state index contributed by atoms with van der Waals surface area (Å²) < 4.78 is 13.0. The van der Waals surface area contributed by atoms with Gasteiger partial charge in [-0.1, -0.05) is 12.2 Å². The highest BCUT2D eigenvalue weighted by Crippen LogP contribution is 2.11. The molecule has 0 amide bonds. The number of rotatable bonds is 4. The zero-order valence-electron chi connectivity index (χ0n) is 7.80. The lowest BCUT2D eigenvalue weighted by Crippen LogP contribution is -2.05. The van der Waals surface area contributed by atoms with Crippen LogP contribution in [0.2, 0.25) is 5.28 Å². The molecule has 0 aliphatic rings. The predicted octanol–water partition coefficient (Wildman–Crippen LogP) is 2.65. The molecule has 0 radical (unpaired) electrons. The second-order valence-electron chi connectivity index (χ2n) is 2.62. The normalized spacial score (nSPS) is 10.8. The van der Waals surface area contributed by atoms with Gasteiger partial charge in [0, 0.05) is 6.54 Å². The largest absolute Gasteiger partial charge is 0.367 e. The smallest absolute Gasteiger partial charge is 0.224 e. The Morgan fingerprint density at radius 3 is 3.14 bits per heavy atom. The molecule has 0 saturated carbocycles. The molecule has 0 aliphatic heterocycles. The zero-order chi connectivity index (χ0) is 10.4. The highest BCUT2D eigenvalue weighted by atomic mass is 35.5. The zero-order valence-corrected chi connectivity index (χ0v) is 8.55. The molecular weight excluding hydrogens is 205 g/mol. The van der Waals surface area contributed by atoms with E-state index in [0.717, 1.165) is 12.6 Å². The van der Waals surface area contributed by atoms with Crippen molar-refractivity contribution >= 4 is 17.4 Å². The maximum atomic E-state index is 13.0. The SMILES string of the molecule is C/C=C/CCNc1nc(Cl)ncc1F. The molecule has 0 fully saturated rings. The Bertz CT molecular complexity index is 328. The van der Waals surface area contributed by atoms with Gasteiger partial charge in [0.1, 0.15) is 0 Å². The van der Waals surface area contributed by atoms with Gasteiger partial charge in [0.25, 0.3) is 0 Å². The Hall–Kier alpha value is -1.16. The van der Waals surface area contributed by atoms with Gasteiger partial charge in [-0.15, -0.1) is 0 Å². The van der Waals surface area contributed by atoms with Gasteiger partial charge in [0.15, 0.2) is 11.6 Å². The van der Waals surface area contributed by atoms with Crippen molar-refractivity contribution in [2.24, 2.45) is 0 Å². The Morgan fingerprint density at radius 1 is 1.64 bits per heavy atom. The lowest BCUT2D eigenvalue weighted by molar-refractivity contribution is 0.616. The summed E-state index contributed by atoms with van der Waals surface area (Å²) in [4.78, 5) is 7.22. The van der Waals surface area contributed by atoms with Gasteiger partial charge < -0.3 is 5.32 Å². The Morgan fingerprint density at radius 2 is 2.43 bits per heavy atom. The van der Waals surface area contributed by atoms with Gasteiger partial charge in [0.2, 0.25) is 5.28 Å². The van der Waals surface area contributed by atoms with Gasteiger partial charge >= 0.3 is 0 Å². The lowest BCUT2D eigenvalue weighted by Gasteiger charge is -2.04. The summed E-state index contributed by atoms with van der Waals surface area (Å²) in [6.45, 7) is 2.55. The fraction of sp³-hybridized carbons (Fsp3) is 0.333. The number of allylic oxidation sites excluding steroid dienone is 1. The van der Waals surface area contributed by atoms with Gasteiger partial charge in [-0.3, -0.25) is 0 Å². The minimum atomic E-state index is -0.491. The third-order valence-corrected chi connectivity index (χ3v) is 1.74. The van der Waals surface area contributed by atoms with E-state index < -0.39 is 5.82 Å². The minimum Gasteiger partial charge on any atom is -0.367 e. The highest BCUT2D eigenvalue weighted by Gasteiger charge is 2.03. The summed E-state index contributed by atoms with van der Waals surface area (Å²) in [5.41, 5.74) is 0. The number of anilines is 1. The number of nitrogens with zero attached hydrogens (tertiary/aromatic N) is 2. The second-order valence-corrected chi connectivity index (χ2v) is 2.96. The molecule has 0 spiro atoms. The second kappa shape index (κ2) is 5.54. The van der Waals surface area contributed by atoms with Gasteiger partial charge in [-0.2, -0.15) is 4.98 Å². The minimum absolute atomic E-state index is 0.0416. The van der Waals surface area contributed by atoms with E-state index >= 15 is 0 Å². The molecule has 5 heteroatoms. The van der Waals surface area contributed by atoms with Crippen LogP contribution in [0.25, 0.3) is 0 Å². The van der Waals surface area contributed by atoms with E-state index in [1.54, 1.807) is 0 Å². The molecule has 1 rings (SSSR count). The van der Waals surface area contributed by atoms with Crippen molar-refractivity contribution in [2.45, 2.75) is 13.3 Å². The third kappa shape index (κ3) is 3.30. The van der Waals surface area contributed by atoms with E-state index in [0.29, 0.717) is 6.54 Å². The van der Waals surface area contributed by atoms with Gasteiger partial charge in [0.05, 0.1) is 6.20 Å². The molecular formula is C9H11ClFN3. The number of aromatic nitrogens is 2. The van der Waals surface area contributed by atoms with Crippen LogP contribution in [0, 0.1) is 5.82 Å². The highest BCUT2D eigenvalue weighted by molar-refractivity contribution is 6.28. The topological polar surface area (TPSA) is 37.8 Å². The van der Waals surface area contributed by atoms with Crippen LogP contribution in [0.3, 0.4) is 0 Å². The van der Waals surface area contributed by atoms with E-state index in [1.807, 2.05) is 19.1 Å². The fourth-order valence-corrected chi connectivity index (χ4v) is 1.04. The quantitative estimate of drug-likeness (QED) is 0.477. The lowest BCUT2D eigenvalue weighted by atomic mass is 10.4. The van der Waals surface area contributed by atoms with Crippen LogP contribution in [0.15, 0.2) is 18.3 Å². The molecule has 1 aromatic heterocycles. The van der Waals surface area contributed by atoms with Crippen molar-refractivity contribution < 1.29 is 4.39 Å². The van der Waals surface area contributed by atoms with Crippen LogP contribution in [-0.4, -0.2) is 16.5 Å². The average Bonchev–Trinajstić information content (AvgIpc) is 2.18. The van der Waals surface area contributed by atoms with E-state index in [2.05, 4.69) is 15.3 Å². The van der Waals surface area contributed by atoms with Crippen molar-refractivity contribution in [3.05, 3.63) is 29.4 Å². The van der Waals surface area contributed by atoms with E-state index in [9.17, 15) is 4.39 Å². The summed E-state index contributed by atoms with van der Waals surface area (Å²) in [5, 5.41) is 2.87. The van der Waals surface area contributed by atoms with Crippen molar-refractivity contribution in [2.75, 3.05) is 11.9 Å². The molecule has 0 unspecified atom stereocenters. The monoisotopic (exact) mass is 215 g/mol. The van der Waals surface area contributed by atoms with Crippen LogP contribution in [-0.2, 0) is 0 Å². The molecule has 0 atom stereocenters. The summed E-state index contributed by atoms with van der Waals surface area (Å²) >= 11 is 5.51. The van der Waals surface area contributed by atoms with Crippen LogP contribution in [0.4, 0.5) is 10.2 Å². The molecule has 0 aliphatic carbocycles. The van der Waals surface area contributed by atoms with E-state index in [-0.39, 0.29) is 11.1 Å². The van der Waals surface area contributed by atoms with E-state index in [4.69, 9.17) is 11.6 Å². The number of hydrogen-bond acceptors (Lipinski definition) is 3. The van der Waals surface area contributed by atoms with Crippen molar-refractivity contribution in [3.63, 3.8) is 0 Å². The molecule has 0 bridgehead atoms. The summed E-state index contributed by atoms with van der Waals surface area (Å²) in [6, 6.07) is 0. The van der Waals surface area contributed by atoms with Crippen LogP contribution in [0.1, 0.15) is 13.3 Å². The first kappa shape index (κ1) is 10.9. The summed E-state index contributed by atoms with van der Waals surface area (Å²) in [6.07, 6.45) is 5.78. The first-order valence-corrected chi connectivity index (χ1v) is 4.65. The fourth-order valence-electron chi connectivity index (χ4n) is 0.910. The summed E-state index contributed by atoms with van der Waals surface area (Å²) in [7, 11) is 0. The van der Waals surface area contributed by atoms with E-state index in [1.165, 1.54) is 0 Å². The Kier molecular flexibility index (Phi) is 4.32. The van der Waals surface area contributed by atoms with Crippen LogP contribution < -0.4 is 5.32 Å². The first-order valence-electron chi connectivity index (χ1n) is 4.27. The summed E-state index contributed by atoms with van der Waals surface area (Å²) in [5.74, 6) is -0.343. The van der Waals surface area contributed by atoms with Gasteiger partial charge in [-0.25, -0.2) is 9.37 Å². The van der Waals surface area contributed by atoms with Crippen molar-refractivity contribution in [1.29, 1.82) is 0 Å². The van der Waals surface area contributed by atoms with Crippen molar-refractivity contribution in [3.8, 4) is 0 Å². The molecule has 1 aromatic rings. The molecule has 0 saturated heterocycles. The molecule has 1 heterocycles.